The summed E-state index contributed by atoms with van der Waals surface area (Å²) in [7, 11) is 0. The Bertz CT molecular complexity index is 1290. The van der Waals surface area contributed by atoms with Crippen LogP contribution in [-0.4, -0.2) is 100 Å². The van der Waals surface area contributed by atoms with Gasteiger partial charge in [-0.1, -0.05) is 18.6 Å². The second-order valence-corrected chi connectivity index (χ2v) is 12.6. The Kier molecular flexibility index (Phi) is 9.73. The number of alkyl halides is 1. The Labute approximate surface area is 257 Å². The van der Waals surface area contributed by atoms with Gasteiger partial charge < -0.3 is 40.1 Å². The van der Waals surface area contributed by atoms with E-state index in [1.807, 2.05) is 0 Å². The van der Waals surface area contributed by atoms with E-state index in [0.29, 0.717) is 12.0 Å². The summed E-state index contributed by atoms with van der Waals surface area (Å²) in [6, 6.07) is -1.53. The number of unbranched alkanes of at least 4 members (excludes halogenated alkanes) is 1. The van der Waals surface area contributed by atoms with Crippen LogP contribution in [0.1, 0.15) is 52.4 Å². The average Bonchev–Trinajstić information content (AvgIpc) is 3.18. The SMILES string of the molecule is C[C@]12C=CC(=O)C=C1CC[C@H]1[C@@H]3C[C@@H](O)[C@](O)(C(=O)COC(=O)C(N)COC(=O)OCCCCO[N+](=O)[O-])[C@@]3(C)C[C@H](O)[C@@]12F. The molecule has 9 atom stereocenters. The lowest BCUT2D eigenvalue weighted by molar-refractivity contribution is -0.757. The number of nitrogens with two attached hydrogens (primary N) is 1. The Morgan fingerprint density at radius 2 is 1.82 bits per heavy atom. The van der Waals surface area contributed by atoms with Crippen molar-refractivity contribution >= 4 is 23.7 Å². The van der Waals surface area contributed by atoms with Gasteiger partial charge in [0.2, 0.25) is 5.78 Å². The second-order valence-electron chi connectivity index (χ2n) is 12.6. The topological polar surface area (TPSA) is 235 Å². The number of allylic oxidation sites excluding steroid dienone is 4. The fraction of sp³-hybridized carbons (Fsp3) is 0.724. The lowest BCUT2D eigenvalue weighted by Gasteiger charge is -2.62. The highest BCUT2D eigenvalue weighted by molar-refractivity contribution is 6.01. The average molecular weight is 643 g/mol. The molecule has 16 heteroatoms. The van der Waals surface area contributed by atoms with Crippen LogP contribution in [0.4, 0.5) is 9.18 Å². The monoisotopic (exact) mass is 642 g/mol. The van der Waals surface area contributed by atoms with Crippen LogP contribution in [0.2, 0.25) is 0 Å². The van der Waals surface area contributed by atoms with Gasteiger partial charge in [0.05, 0.1) is 25.4 Å². The van der Waals surface area contributed by atoms with Crippen molar-refractivity contribution in [3.63, 3.8) is 0 Å². The molecule has 5 N–H and O–H groups in total. The molecule has 4 rings (SSSR count). The maximum absolute atomic E-state index is 17.2. The molecule has 0 spiro atoms. The number of halogens is 1. The van der Waals surface area contributed by atoms with E-state index in [1.165, 1.54) is 25.2 Å². The van der Waals surface area contributed by atoms with Crippen LogP contribution in [0.25, 0.3) is 0 Å². The first-order chi connectivity index (χ1) is 21.0. The first-order valence-corrected chi connectivity index (χ1v) is 14.8. The minimum Gasteiger partial charge on any atom is -0.456 e. The van der Waals surface area contributed by atoms with Gasteiger partial charge in [0, 0.05) is 16.7 Å². The Balaban J connectivity index is 1.35. The van der Waals surface area contributed by atoms with Gasteiger partial charge in [-0.05, 0) is 63.5 Å². The molecule has 250 valence electrons. The van der Waals surface area contributed by atoms with E-state index >= 15 is 4.39 Å². The molecule has 3 fully saturated rings. The van der Waals surface area contributed by atoms with E-state index in [4.69, 9.17) is 19.9 Å². The van der Waals surface area contributed by atoms with Gasteiger partial charge in [-0.25, -0.2) is 9.18 Å². The third-order valence-electron chi connectivity index (χ3n) is 10.3. The predicted octanol–water partition coefficient (Wildman–Crippen LogP) is 0.640. The normalized spacial score (nSPS) is 37.3. The maximum atomic E-state index is 17.2. The summed E-state index contributed by atoms with van der Waals surface area (Å²) in [4.78, 5) is 63.7. The lowest BCUT2D eigenvalue weighted by Crippen LogP contribution is -2.69. The van der Waals surface area contributed by atoms with Gasteiger partial charge in [-0.15, -0.1) is 10.1 Å². The number of esters is 1. The number of carbonyl (C=O) groups excluding carboxylic acids is 4. The number of ether oxygens (including phenoxy) is 3. The van der Waals surface area contributed by atoms with Crippen molar-refractivity contribution in [2.75, 3.05) is 26.4 Å². The molecule has 3 saturated carbocycles. The molecule has 0 aromatic heterocycles. The molecule has 0 bridgehead atoms. The van der Waals surface area contributed by atoms with Crippen molar-refractivity contribution in [2.45, 2.75) is 81.9 Å². The highest BCUT2D eigenvalue weighted by Crippen LogP contribution is 2.69. The summed E-state index contributed by atoms with van der Waals surface area (Å²) in [5.74, 6) is -4.10. The minimum absolute atomic E-state index is 0.138. The fourth-order valence-electron chi connectivity index (χ4n) is 7.85. The highest BCUT2D eigenvalue weighted by atomic mass is 19.1. The number of hydrogen-bond acceptors (Lipinski definition) is 14. The predicted molar refractivity (Wildman–Crippen MR) is 148 cm³/mol. The van der Waals surface area contributed by atoms with E-state index in [0.717, 1.165) is 0 Å². The van der Waals surface area contributed by atoms with Crippen molar-refractivity contribution in [2.24, 2.45) is 28.4 Å². The number of Topliss-reactive ketones (excluding diaryl/α,β-unsaturated/α-hetero) is 1. The molecule has 0 radical (unpaired) electrons. The summed E-state index contributed by atoms with van der Waals surface area (Å²) in [6.45, 7) is 1.13. The molecule has 4 aliphatic carbocycles. The molecule has 0 amide bonds. The summed E-state index contributed by atoms with van der Waals surface area (Å²) < 4.78 is 31.7. The zero-order valence-electron chi connectivity index (χ0n) is 25.0. The van der Waals surface area contributed by atoms with Crippen molar-refractivity contribution in [3.05, 3.63) is 33.9 Å². The van der Waals surface area contributed by atoms with Crippen LogP contribution in [0.5, 0.6) is 0 Å². The van der Waals surface area contributed by atoms with Gasteiger partial charge in [-0.3, -0.25) is 14.4 Å². The van der Waals surface area contributed by atoms with Crippen LogP contribution in [-0.2, 0) is 33.4 Å². The van der Waals surface area contributed by atoms with Crippen LogP contribution in [0.3, 0.4) is 0 Å². The lowest BCUT2D eigenvalue weighted by atomic mass is 9.44. The van der Waals surface area contributed by atoms with E-state index in [1.54, 1.807) is 6.92 Å². The van der Waals surface area contributed by atoms with Crippen molar-refractivity contribution in [3.8, 4) is 0 Å². The number of aliphatic hydroxyl groups is 3. The first kappa shape index (κ1) is 34.4. The standard InChI is InChI=1S/C29H39FN2O13/c1-26-8-7-17(33)11-16(26)5-6-18-19-12-21(34)29(39,27(19,2)13-22(35)28(18,26)30)23(36)15-43-24(37)20(31)14-44-25(38)42-9-3-4-10-45-32(40)41/h7-8,11,18-22,34-35,39H,3-6,9-10,12-15,31H2,1-2H3/t18-,19-,20?,21+,22-,26-,27-,28-,29-/m0/s1. The summed E-state index contributed by atoms with van der Waals surface area (Å²) in [6.07, 6.45) is 0.156. The molecule has 0 saturated heterocycles. The second kappa shape index (κ2) is 12.7. The minimum atomic E-state index is -2.50. The third-order valence-corrected chi connectivity index (χ3v) is 10.3. The third kappa shape index (κ3) is 5.84. The van der Waals surface area contributed by atoms with Gasteiger partial charge in [-0.2, -0.15) is 0 Å². The van der Waals surface area contributed by atoms with E-state index in [9.17, 15) is 44.6 Å². The van der Waals surface area contributed by atoms with Crippen LogP contribution in [0, 0.1) is 32.8 Å². The molecular formula is C29H39FN2O13. The fourth-order valence-corrected chi connectivity index (χ4v) is 7.85. The van der Waals surface area contributed by atoms with Gasteiger partial charge >= 0.3 is 12.1 Å². The summed E-state index contributed by atoms with van der Waals surface area (Å²) >= 11 is 0. The Hall–Kier alpha value is -3.47. The number of aliphatic hydroxyl groups excluding tert-OH is 2. The Morgan fingerprint density at radius 3 is 2.51 bits per heavy atom. The van der Waals surface area contributed by atoms with Gasteiger partial charge in [0.25, 0.3) is 5.09 Å². The summed E-state index contributed by atoms with van der Waals surface area (Å²) in [5, 5.41) is 43.3. The summed E-state index contributed by atoms with van der Waals surface area (Å²) in [5.41, 5.74) is -1.28. The molecule has 0 aromatic carbocycles. The number of nitrogens with zero attached hydrogens (tertiary/aromatic N) is 1. The van der Waals surface area contributed by atoms with E-state index < -0.39 is 88.4 Å². The van der Waals surface area contributed by atoms with Crippen LogP contribution >= 0.6 is 0 Å². The molecule has 0 heterocycles. The number of hydrogen-bond donors (Lipinski definition) is 4. The molecule has 15 nitrogen and oxygen atoms in total. The molecule has 4 aliphatic rings. The van der Waals surface area contributed by atoms with Crippen molar-refractivity contribution in [1.82, 2.24) is 0 Å². The zero-order chi connectivity index (χ0) is 33.4. The van der Waals surface area contributed by atoms with Gasteiger partial charge in [0.1, 0.15) is 12.6 Å². The smallest absolute Gasteiger partial charge is 0.456 e. The van der Waals surface area contributed by atoms with E-state index in [2.05, 4.69) is 4.84 Å². The Morgan fingerprint density at radius 1 is 1.13 bits per heavy atom. The number of carbonyl (C=O) groups is 4. The first-order valence-electron chi connectivity index (χ1n) is 14.8. The zero-order valence-corrected chi connectivity index (χ0v) is 25.0. The highest BCUT2D eigenvalue weighted by Gasteiger charge is 2.76. The number of fused-ring (bicyclic) bond motifs is 5. The molecule has 0 aromatic rings. The van der Waals surface area contributed by atoms with Crippen molar-refractivity contribution in [1.29, 1.82) is 0 Å². The number of ketones is 2. The van der Waals surface area contributed by atoms with Gasteiger partial charge in [0.15, 0.2) is 23.7 Å². The quantitative estimate of drug-likeness (QED) is 0.0990. The maximum Gasteiger partial charge on any atom is 0.508 e. The van der Waals surface area contributed by atoms with Crippen LogP contribution in [0.15, 0.2) is 23.8 Å². The molecule has 0 aliphatic heterocycles. The van der Waals surface area contributed by atoms with E-state index in [-0.39, 0.29) is 51.1 Å². The molecule has 45 heavy (non-hydrogen) atoms. The largest absolute Gasteiger partial charge is 0.508 e. The molecule has 1 unspecified atom stereocenters. The number of rotatable bonds is 12. The van der Waals surface area contributed by atoms with Crippen LogP contribution < -0.4 is 5.73 Å². The van der Waals surface area contributed by atoms with Crippen molar-refractivity contribution < 1.29 is 63.0 Å². The molecular weight excluding hydrogens is 603 g/mol.